The van der Waals surface area contributed by atoms with Crippen LogP contribution in [0, 0.1) is 0 Å². The molecule has 0 bridgehead atoms. The number of fused-ring (bicyclic) bond motifs is 1. The van der Waals surface area contributed by atoms with Gasteiger partial charge in [0.25, 0.3) is 0 Å². The van der Waals surface area contributed by atoms with Crippen LogP contribution in [0.25, 0.3) is 22.2 Å². The zero-order valence-electron chi connectivity index (χ0n) is 14.2. The van der Waals surface area contributed by atoms with Crippen LogP contribution in [0.15, 0.2) is 42.5 Å². The van der Waals surface area contributed by atoms with Crippen LogP contribution in [0.5, 0.6) is 11.5 Å². The Morgan fingerprint density at radius 1 is 0.960 bits per heavy atom. The maximum Gasteiger partial charge on any atom is 0.348 e. The number of ether oxygens (including phenoxy) is 3. The van der Waals surface area contributed by atoms with Crippen LogP contribution in [0.1, 0.15) is 20.8 Å². The highest BCUT2D eigenvalue weighted by atomic mass is 32.1. The molecule has 25 heavy (non-hydrogen) atoms. The Morgan fingerprint density at radius 2 is 1.76 bits per heavy atom. The lowest BCUT2D eigenvalue weighted by atomic mass is 10.1. The fourth-order valence-corrected chi connectivity index (χ4v) is 3.59. The Balaban J connectivity index is 1.96. The highest BCUT2D eigenvalue weighted by molar-refractivity contribution is 7.20. The standard InChI is InChI=1S/C20H18O4S/c1-22-16-10-8-13(11-17(16)23-2)7-9-14-5-4-6-18-15(14)12-19(25-18)20(21)24-3/h4-12H,1-3H3. The van der Waals surface area contributed by atoms with E-state index in [-0.39, 0.29) is 5.97 Å². The quantitative estimate of drug-likeness (QED) is 0.484. The van der Waals surface area contributed by atoms with Crippen molar-refractivity contribution >= 4 is 39.5 Å². The van der Waals surface area contributed by atoms with Gasteiger partial charge in [0.1, 0.15) is 4.88 Å². The number of rotatable bonds is 5. The summed E-state index contributed by atoms with van der Waals surface area (Å²) in [5.41, 5.74) is 2.04. The van der Waals surface area contributed by atoms with Crippen molar-refractivity contribution in [2.24, 2.45) is 0 Å². The Kier molecular flexibility index (Phi) is 5.05. The first kappa shape index (κ1) is 17.0. The Morgan fingerprint density at radius 3 is 2.48 bits per heavy atom. The molecule has 0 spiro atoms. The van der Waals surface area contributed by atoms with E-state index in [4.69, 9.17) is 14.2 Å². The normalized spacial score (nSPS) is 11.0. The summed E-state index contributed by atoms with van der Waals surface area (Å²) in [6, 6.07) is 13.6. The number of carbonyl (C=O) groups is 1. The van der Waals surface area contributed by atoms with Gasteiger partial charge in [0.15, 0.2) is 11.5 Å². The largest absolute Gasteiger partial charge is 0.493 e. The number of hydrogen-bond donors (Lipinski definition) is 0. The summed E-state index contributed by atoms with van der Waals surface area (Å²) in [5, 5.41) is 1.03. The molecule has 4 nitrogen and oxygen atoms in total. The van der Waals surface area contributed by atoms with E-state index in [0.717, 1.165) is 21.2 Å². The summed E-state index contributed by atoms with van der Waals surface area (Å²) in [7, 11) is 4.62. The van der Waals surface area contributed by atoms with Gasteiger partial charge in [-0.05, 0) is 35.4 Å². The van der Waals surface area contributed by atoms with Crippen molar-refractivity contribution in [3.8, 4) is 11.5 Å². The van der Waals surface area contributed by atoms with Crippen molar-refractivity contribution in [3.63, 3.8) is 0 Å². The first-order valence-electron chi connectivity index (χ1n) is 7.67. The third kappa shape index (κ3) is 3.51. The first-order valence-corrected chi connectivity index (χ1v) is 8.49. The summed E-state index contributed by atoms with van der Waals surface area (Å²) in [5.74, 6) is 1.07. The molecular weight excluding hydrogens is 336 g/mol. The highest BCUT2D eigenvalue weighted by Crippen LogP contribution is 2.31. The Bertz CT molecular complexity index is 940. The van der Waals surface area contributed by atoms with Crippen molar-refractivity contribution in [1.82, 2.24) is 0 Å². The third-order valence-electron chi connectivity index (χ3n) is 3.84. The van der Waals surface area contributed by atoms with E-state index >= 15 is 0 Å². The van der Waals surface area contributed by atoms with Crippen LogP contribution >= 0.6 is 11.3 Å². The van der Waals surface area contributed by atoms with Crippen molar-refractivity contribution in [3.05, 3.63) is 58.5 Å². The monoisotopic (exact) mass is 354 g/mol. The van der Waals surface area contributed by atoms with Gasteiger partial charge in [0, 0.05) is 10.1 Å². The lowest BCUT2D eigenvalue weighted by Crippen LogP contribution is -1.96. The lowest BCUT2D eigenvalue weighted by Gasteiger charge is -2.07. The molecule has 0 saturated heterocycles. The van der Waals surface area contributed by atoms with Crippen molar-refractivity contribution in [2.45, 2.75) is 0 Å². The van der Waals surface area contributed by atoms with Crippen LogP contribution in [-0.2, 0) is 4.74 Å². The van der Waals surface area contributed by atoms with Crippen LogP contribution in [0.2, 0.25) is 0 Å². The van der Waals surface area contributed by atoms with Crippen LogP contribution < -0.4 is 9.47 Å². The molecule has 0 fully saturated rings. The minimum atomic E-state index is -0.309. The second-order valence-corrected chi connectivity index (χ2v) is 6.39. The van der Waals surface area contributed by atoms with Crippen molar-refractivity contribution in [1.29, 1.82) is 0 Å². The van der Waals surface area contributed by atoms with E-state index in [9.17, 15) is 4.79 Å². The molecule has 0 atom stereocenters. The summed E-state index contributed by atoms with van der Waals surface area (Å²) in [6.07, 6.45) is 4.03. The van der Waals surface area contributed by atoms with Gasteiger partial charge in [0.05, 0.1) is 21.3 Å². The molecule has 0 saturated carbocycles. The molecule has 3 aromatic rings. The molecule has 0 N–H and O–H groups in total. The average molecular weight is 354 g/mol. The van der Waals surface area contributed by atoms with Crippen LogP contribution in [0.3, 0.4) is 0 Å². The van der Waals surface area contributed by atoms with E-state index in [1.807, 2.05) is 54.6 Å². The predicted octanol–water partition coefficient (Wildman–Crippen LogP) is 4.88. The number of methoxy groups -OCH3 is 3. The number of benzene rings is 2. The molecule has 1 aromatic heterocycles. The molecule has 128 valence electrons. The molecule has 0 aliphatic rings. The molecule has 5 heteroatoms. The summed E-state index contributed by atoms with van der Waals surface area (Å²) in [4.78, 5) is 12.4. The summed E-state index contributed by atoms with van der Waals surface area (Å²) < 4.78 is 16.4. The lowest BCUT2D eigenvalue weighted by molar-refractivity contribution is 0.0606. The zero-order chi connectivity index (χ0) is 17.8. The first-order chi connectivity index (χ1) is 12.2. The van der Waals surface area contributed by atoms with Crippen LogP contribution in [-0.4, -0.2) is 27.3 Å². The van der Waals surface area contributed by atoms with Gasteiger partial charge < -0.3 is 14.2 Å². The minimum absolute atomic E-state index is 0.309. The SMILES string of the molecule is COC(=O)c1cc2c(C=Cc3ccc(OC)c(OC)c3)cccc2s1. The predicted molar refractivity (Wildman–Crippen MR) is 102 cm³/mol. The van der Waals surface area contributed by atoms with E-state index in [1.54, 1.807) is 14.2 Å². The molecule has 0 amide bonds. The van der Waals surface area contributed by atoms with Gasteiger partial charge in [-0.2, -0.15) is 0 Å². The molecule has 0 aliphatic heterocycles. The number of hydrogen-bond acceptors (Lipinski definition) is 5. The van der Waals surface area contributed by atoms with E-state index in [1.165, 1.54) is 18.4 Å². The van der Waals surface area contributed by atoms with Crippen molar-refractivity contribution in [2.75, 3.05) is 21.3 Å². The summed E-state index contributed by atoms with van der Waals surface area (Å²) in [6.45, 7) is 0. The second-order valence-electron chi connectivity index (χ2n) is 5.31. The zero-order valence-corrected chi connectivity index (χ0v) is 15.1. The maximum absolute atomic E-state index is 11.7. The third-order valence-corrected chi connectivity index (χ3v) is 4.93. The minimum Gasteiger partial charge on any atom is -0.493 e. The van der Waals surface area contributed by atoms with Gasteiger partial charge in [-0.15, -0.1) is 11.3 Å². The fraction of sp³-hybridized carbons (Fsp3) is 0.150. The Labute approximate surface area is 150 Å². The molecule has 0 aliphatic carbocycles. The maximum atomic E-state index is 11.7. The van der Waals surface area contributed by atoms with E-state index < -0.39 is 0 Å². The van der Waals surface area contributed by atoms with E-state index in [2.05, 4.69) is 0 Å². The smallest absolute Gasteiger partial charge is 0.348 e. The number of esters is 1. The Hall–Kier alpha value is -2.79. The van der Waals surface area contributed by atoms with E-state index in [0.29, 0.717) is 16.4 Å². The van der Waals surface area contributed by atoms with Crippen LogP contribution in [0.4, 0.5) is 0 Å². The number of thiophene rings is 1. The molecular formula is C20H18O4S. The average Bonchev–Trinajstić information content (AvgIpc) is 3.10. The van der Waals surface area contributed by atoms with Gasteiger partial charge in [0.2, 0.25) is 0 Å². The van der Waals surface area contributed by atoms with Crippen molar-refractivity contribution < 1.29 is 19.0 Å². The number of carbonyl (C=O) groups excluding carboxylic acids is 1. The molecule has 2 aromatic carbocycles. The second kappa shape index (κ2) is 7.40. The summed E-state index contributed by atoms with van der Waals surface area (Å²) >= 11 is 1.43. The molecule has 3 rings (SSSR count). The molecule has 0 radical (unpaired) electrons. The van der Waals surface area contributed by atoms with Gasteiger partial charge in [-0.3, -0.25) is 0 Å². The van der Waals surface area contributed by atoms with Gasteiger partial charge >= 0.3 is 5.97 Å². The van der Waals surface area contributed by atoms with Gasteiger partial charge in [-0.1, -0.05) is 30.4 Å². The highest BCUT2D eigenvalue weighted by Gasteiger charge is 2.11. The molecule has 1 heterocycles. The topological polar surface area (TPSA) is 44.8 Å². The van der Waals surface area contributed by atoms with Gasteiger partial charge in [-0.25, -0.2) is 4.79 Å². The fourth-order valence-electron chi connectivity index (χ4n) is 2.57. The molecule has 0 unspecified atom stereocenters.